The van der Waals surface area contributed by atoms with Gasteiger partial charge in [-0.1, -0.05) is 44.4 Å². The van der Waals surface area contributed by atoms with E-state index in [4.69, 9.17) is 4.74 Å². The first-order chi connectivity index (χ1) is 11.8. The van der Waals surface area contributed by atoms with Crippen LogP contribution >= 0.6 is 24.0 Å². The van der Waals surface area contributed by atoms with Gasteiger partial charge in [0.15, 0.2) is 5.96 Å². The number of nitrogens with one attached hydrogen (secondary N) is 2. The minimum absolute atomic E-state index is 0. The van der Waals surface area contributed by atoms with E-state index in [1.807, 2.05) is 7.05 Å². The molecule has 1 aliphatic rings. The predicted octanol–water partition coefficient (Wildman–Crippen LogP) is 3.39. The van der Waals surface area contributed by atoms with Crippen LogP contribution < -0.4 is 15.5 Å². The van der Waals surface area contributed by atoms with E-state index < -0.39 is 0 Å². The molecule has 0 amide bonds. The average molecular weight is 460 g/mol. The van der Waals surface area contributed by atoms with Crippen LogP contribution in [0.3, 0.4) is 0 Å². The molecular weight excluding hydrogens is 427 g/mol. The lowest BCUT2D eigenvalue weighted by molar-refractivity contribution is 0.122. The van der Waals surface area contributed by atoms with Crippen LogP contribution in [0.4, 0.5) is 5.69 Å². The summed E-state index contributed by atoms with van der Waals surface area (Å²) >= 11 is 0. The van der Waals surface area contributed by atoms with E-state index in [9.17, 15) is 0 Å². The van der Waals surface area contributed by atoms with Crippen LogP contribution in [0.15, 0.2) is 29.3 Å². The summed E-state index contributed by atoms with van der Waals surface area (Å²) in [6.45, 7) is 7.53. The highest BCUT2D eigenvalue weighted by atomic mass is 127. The molecule has 25 heavy (non-hydrogen) atoms. The van der Waals surface area contributed by atoms with Gasteiger partial charge in [-0.25, -0.2) is 0 Å². The summed E-state index contributed by atoms with van der Waals surface area (Å²) in [4.78, 5) is 6.73. The molecule has 0 saturated carbocycles. The summed E-state index contributed by atoms with van der Waals surface area (Å²) in [6.07, 6.45) is 5.05. The van der Waals surface area contributed by atoms with Crippen LogP contribution in [-0.2, 0) is 11.3 Å². The molecule has 142 valence electrons. The number of morpholine rings is 1. The summed E-state index contributed by atoms with van der Waals surface area (Å²) in [5, 5.41) is 6.84. The Labute approximate surface area is 169 Å². The number of nitrogens with zero attached hydrogens (tertiary/aromatic N) is 2. The van der Waals surface area contributed by atoms with Gasteiger partial charge in [-0.2, -0.15) is 0 Å². The zero-order valence-electron chi connectivity index (χ0n) is 15.6. The zero-order valence-corrected chi connectivity index (χ0v) is 17.9. The normalized spacial score (nSPS) is 14.8. The lowest BCUT2D eigenvalue weighted by atomic mass is 10.1. The van der Waals surface area contributed by atoms with E-state index in [-0.39, 0.29) is 24.0 Å². The van der Waals surface area contributed by atoms with Crippen molar-refractivity contribution in [2.75, 3.05) is 44.8 Å². The maximum atomic E-state index is 5.46. The van der Waals surface area contributed by atoms with E-state index in [1.54, 1.807) is 0 Å². The van der Waals surface area contributed by atoms with Crippen molar-refractivity contribution in [3.05, 3.63) is 29.8 Å². The van der Waals surface area contributed by atoms with Gasteiger partial charge in [-0.3, -0.25) is 4.99 Å². The smallest absolute Gasteiger partial charge is 0.191 e. The molecule has 0 aliphatic carbocycles. The van der Waals surface area contributed by atoms with E-state index in [2.05, 4.69) is 51.7 Å². The number of guanidine groups is 1. The largest absolute Gasteiger partial charge is 0.378 e. The molecule has 0 bridgehead atoms. The number of rotatable bonds is 8. The fourth-order valence-corrected chi connectivity index (χ4v) is 2.93. The molecule has 1 aromatic rings. The highest BCUT2D eigenvalue weighted by Crippen LogP contribution is 2.21. The van der Waals surface area contributed by atoms with Crippen molar-refractivity contribution in [2.24, 2.45) is 4.99 Å². The number of para-hydroxylation sites is 1. The molecule has 0 aromatic heterocycles. The fraction of sp³-hybridized carbons (Fsp3) is 0.632. The number of anilines is 1. The van der Waals surface area contributed by atoms with Crippen LogP contribution in [0.1, 0.15) is 38.2 Å². The van der Waals surface area contributed by atoms with Crippen molar-refractivity contribution in [3.8, 4) is 0 Å². The quantitative estimate of drug-likeness (QED) is 0.270. The number of ether oxygens (including phenoxy) is 1. The zero-order chi connectivity index (χ0) is 17.0. The van der Waals surface area contributed by atoms with Gasteiger partial charge in [0.05, 0.1) is 13.2 Å². The molecule has 0 unspecified atom stereocenters. The summed E-state index contributed by atoms with van der Waals surface area (Å²) < 4.78 is 5.46. The van der Waals surface area contributed by atoms with Gasteiger partial charge in [0.25, 0.3) is 0 Å². The van der Waals surface area contributed by atoms with Crippen molar-refractivity contribution in [1.29, 1.82) is 0 Å². The molecule has 2 N–H and O–H groups in total. The Morgan fingerprint density at radius 1 is 1.12 bits per heavy atom. The first-order valence-corrected chi connectivity index (χ1v) is 9.20. The van der Waals surface area contributed by atoms with Gasteiger partial charge < -0.3 is 20.3 Å². The van der Waals surface area contributed by atoms with E-state index in [1.165, 1.54) is 36.9 Å². The standard InChI is InChI=1S/C19H32N4O.HI/c1-3-4-5-8-11-21-19(20-2)22-16-17-9-6-7-10-18(17)23-12-14-24-15-13-23;/h6-7,9-10H,3-5,8,11-16H2,1-2H3,(H2,20,21,22);1H. The van der Waals surface area contributed by atoms with Crippen LogP contribution in [0.5, 0.6) is 0 Å². The number of unbranched alkanes of at least 4 members (excludes halogenated alkanes) is 3. The van der Waals surface area contributed by atoms with Crippen molar-refractivity contribution >= 4 is 35.6 Å². The molecular formula is C19H33IN4O. The Kier molecular flexibility index (Phi) is 11.6. The molecule has 1 aliphatic heterocycles. The number of aliphatic imine (C=N–C) groups is 1. The second kappa shape index (κ2) is 13.2. The van der Waals surface area contributed by atoms with Crippen LogP contribution in [0, 0.1) is 0 Å². The molecule has 6 heteroatoms. The lowest BCUT2D eigenvalue weighted by Crippen LogP contribution is -2.39. The monoisotopic (exact) mass is 460 g/mol. The topological polar surface area (TPSA) is 48.9 Å². The number of benzene rings is 1. The molecule has 2 rings (SSSR count). The van der Waals surface area contributed by atoms with Gasteiger partial charge in [0, 0.05) is 38.9 Å². The fourth-order valence-electron chi connectivity index (χ4n) is 2.93. The second-order valence-electron chi connectivity index (χ2n) is 6.14. The Balaban J connectivity index is 0.00000312. The van der Waals surface area contributed by atoms with Gasteiger partial charge in [0.2, 0.25) is 0 Å². The van der Waals surface area contributed by atoms with Crippen molar-refractivity contribution in [3.63, 3.8) is 0 Å². The highest BCUT2D eigenvalue weighted by molar-refractivity contribution is 14.0. The van der Waals surface area contributed by atoms with E-state index in [0.29, 0.717) is 0 Å². The first-order valence-electron chi connectivity index (χ1n) is 9.20. The molecule has 0 spiro atoms. The molecule has 1 heterocycles. The third kappa shape index (κ3) is 7.81. The Bertz CT molecular complexity index is 504. The SMILES string of the molecule is CCCCCCNC(=NC)NCc1ccccc1N1CCOCC1.I. The van der Waals surface area contributed by atoms with Crippen molar-refractivity contribution in [1.82, 2.24) is 10.6 Å². The minimum Gasteiger partial charge on any atom is -0.378 e. The molecule has 0 atom stereocenters. The van der Waals surface area contributed by atoms with Crippen molar-refractivity contribution < 1.29 is 4.74 Å². The summed E-state index contributed by atoms with van der Waals surface area (Å²) in [7, 11) is 1.83. The Hall–Kier alpha value is -1.02. The molecule has 5 nitrogen and oxygen atoms in total. The number of hydrogen-bond acceptors (Lipinski definition) is 3. The lowest BCUT2D eigenvalue weighted by Gasteiger charge is -2.30. The first kappa shape index (κ1) is 22.0. The van der Waals surface area contributed by atoms with Gasteiger partial charge in [0.1, 0.15) is 0 Å². The second-order valence-corrected chi connectivity index (χ2v) is 6.14. The van der Waals surface area contributed by atoms with E-state index in [0.717, 1.165) is 45.4 Å². The third-order valence-corrected chi connectivity index (χ3v) is 4.34. The van der Waals surface area contributed by atoms with Crippen LogP contribution in [-0.4, -0.2) is 45.9 Å². The number of hydrogen-bond donors (Lipinski definition) is 2. The van der Waals surface area contributed by atoms with Crippen LogP contribution in [0.25, 0.3) is 0 Å². The molecule has 1 aromatic carbocycles. The third-order valence-electron chi connectivity index (χ3n) is 4.34. The van der Waals surface area contributed by atoms with Crippen LogP contribution in [0.2, 0.25) is 0 Å². The molecule has 0 radical (unpaired) electrons. The minimum atomic E-state index is 0. The Morgan fingerprint density at radius 2 is 1.88 bits per heavy atom. The summed E-state index contributed by atoms with van der Waals surface area (Å²) in [5.41, 5.74) is 2.60. The maximum Gasteiger partial charge on any atom is 0.191 e. The summed E-state index contributed by atoms with van der Waals surface area (Å²) in [5.74, 6) is 0.878. The highest BCUT2D eigenvalue weighted by Gasteiger charge is 2.14. The van der Waals surface area contributed by atoms with E-state index >= 15 is 0 Å². The predicted molar refractivity (Wildman–Crippen MR) is 117 cm³/mol. The van der Waals surface area contributed by atoms with Gasteiger partial charge >= 0.3 is 0 Å². The van der Waals surface area contributed by atoms with Crippen molar-refractivity contribution in [2.45, 2.75) is 39.2 Å². The van der Waals surface area contributed by atoms with Gasteiger partial charge in [-0.15, -0.1) is 24.0 Å². The molecule has 1 saturated heterocycles. The number of halogens is 1. The maximum absolute atomic E-state index is 5.46. The Morgan fingerprint density at radius 3 is 2.60 bits per heavy atom. The van der Waals surface area contributed by atoms with Gasteiger partial charge in [-0.05, 0) is 18.1 Å². The summed E-state index contributed by atoms with van der Waals surface area (Å²) in [6, 6.07) is 8.59. The molecule has 1 fully saturated rings. The average Bonchev–Trinajstić information content (AvgIpc) is 2.65.